The summed E-state index contributed by atoms with van der Waals surface area (Å²) in [5.41, 5.74) is -1.66. The molecule has 0 saturated carbocycles. The Bertz CT molecular complexity index is 726. The van der Waals surface area contributed by atoms with Crippen LogP contribution in [0.15, 0.2) is 18.2 Å². The van der Waals surface area contributed by atoms with Crippen molar-refractivity contribution in [1.82, 2.24) is 5.32 Å². The minimum absolute atomic E-state index is 0.172. The molecule has 1 aromatic rings. The van der Waals surface area contributed by atoms with Gasteiger partial charge >= 0.3 is 6.18 Å². The molecule has 2 fully saturated rings. The number of carbonyl (C=O) groups is 1. The summed E-state index contributed by atoms with van der Waals surface area (Å²) < 4.78 is 67.2. The predicted molar refractivity (Wildman–Crippen MR) is 93.7 cm³/mol. The van der Waals surface area contributed by atoms with E-state index in [4.69, 9.17) is 23.7 Å². The van der Waals surface area contributed by atoms with Gasteiger partial charge in [0.25, 0.3) is 0 Å². The molecule has 1 amide bonds. The summed E-state index contributed by atoms with van der Waals surface area (Å²) in [6.45, 7) is 4.71. The highest BCUT2D eigenvalue weighted by atomic mass is 19.4. The van der Waals surface area contributed by atoms with E-state index in [-0.39, 0.29) is 24.5 Å². The Morgan fingerprint density at radius 3 is 2.07 bits per heavy atom. The van der Waals surface area contributed by atoms with Gasteiger partial charge in [0.1, 0.15) is 11.3 Å². The van der Waals surface area contributed by atoms with Gasteiger partial charge in [-0.1, -0.05) is 6.07 Å². The van der Waals surface area contributed by atoms with Gasteiger partial charge in [0.15, 0.2) is 25.2 Å². The largest absolute Gasteiger partial charge is 0.496 e. The van der Waals surface area contributed by atoms with Crippen molar-refractivity contribution in [1.29, 1.82) is 0 Å². The fourth-order valence-corrected chi connectivity index (χ4v) is 3.54. The van der Waals surface area contributed by atoms with Gasteiger partial charge in [0.05, 0.1) is 12.7 Å². The summed E-state index contributed by atoms with van der Waals surface area (Å²) in [5, 5.41) is 2.79. The van der Waals surface area contributed by atoms with Crippen molar-refractivity contribution < 1.29 is 41.7 Å². The fourth-order valence-electron chi connectivity index (χ4n) is 3.54. The van der Waals surface area contributed by atoms with Gasteiger partial charge in [-0.25, -0.2) is 0 Å². The Kier molecular flexibility index (Phi) is 6.09. The molecule has 2 aliphatic heterocycles. The van der Waals surface area contributed by atoms with Gasteiger partial charge in [-0.05, 0) is 44.4 Å². The highest BCUT2D eigenvalue weighted by Crippen LogP contribution is 2.40. The molecule has 2 saturated heterocycles. The normalized spacial score (nSPS) is 28.7. The average Bonchev–Trinajstić information content (AvgIpc) is 2.59. The summed E-state index contributed by atoms with van der Waals surface area (Å²) in [6, 6.07) is 3.85. The lowest BCUT2D eigenvalue weighted by Crippen LogP contribution is -2.73. The number of halogens is 3. The first-order valence-electron chi connectivity index (χ1n) is 9.20. The van der Waals surface area contributed by atoms with Crippen molar-refractivity contribution in [3.05, 3.63) is 29.3 Å². The van der Waals surface area contributed by atoms with Crippen LogP contribution in [-0.4, -0.2) is 43.7 Å². The zero-order valence-electron chi connectivity index (χ0n) is 16.5. The van der Waals surface area contributed by atoms with E-state index in [2.05, 4.69) is 5.32 Å². The predicted octanol–water partition coefficient (Wildman–Crippen LogP) is 2.96. The first-order valence-corrected chi connectivity index (χ1v) is 9.20. The number of benzene rings is 1. The van der Waals surface area contributed by atoms with E-state index in [1.165, 1.54) is 20.1 Å². The third kappa shape index (κ3) is 4.50. The summed E-state index contributed by atoms with van der Waals surface area (Å²) >= 11 is 0. The molecule has 2 aliphatic rings. The van der Waals surface area contributed by atoms with E-state index in [0.717, 1.165) is 6.07 Å². The van der Waals surface area contributed by atoms with Crippen molar-refractivity contribution in [3.63, 3.8) is 0 Å². The first kappa shape index (κ1) is 21.8. The van der Waals surface area contributed by atoms with Crippen molar-refractivity contribution >= 4 is 5.91 Å². The Labute approximate surface area is 166 Å². The number of nitrogens with one attached hydrogen (secondary N) is 1. The van der Waals surface area contributed by atoms with E-state index >= 15 is 0 Å². The van der Waals surface area contributed by atoms with Crippen LogP contribution in [0.25, 0.3) is 0 Å². The number of ether oxygens (including phenoxy) is 5. The Hall–Kier alpha value is -1.88. The van der Waals surface area contributed by atoms with Gasteiger partial charge in [0.2, 0.25) is 5.91 Å². The van der Waals surface area contributed by atoms with Crippen LogP contribution in [-0.2, 0) is 36.3 Å². The molecular weight excluding hydrogens is 395 g/mol. The van der Waals surface area contributed by atoms with Crippen LogP contribution < -0.4 is 10.1 Å². The summed E-state index contributed by atoms with van der Waals surface area (Å²) in [6.07, 6.45) is -6.83. The standard InChI is InChI=1S/C19H24F3NO6/c1-10(24)23-18(16-26-11(2)27-16,17-28-12(3)29-17)8-7-13-5-6-15(25-4)14(9-13)19(20,21)22/h5-6,9,11-12,16-17H,7-8H2,1-4H3,(H,23,24). The van der Waals surface area contributed by atoms with Crippen molar-refractivity contribution in [2.75, 3.05) is 7.11 Å². The lowest BCUT2D eigenvalue weighted by molar-refractivity contribution is -0.462. The number of hydrogen-bond acceptors (Lipinski definition) is 6. The third-order valence-corrected chi connectivity index (χ3v) is 4.91. The minimum atomic E-state index is -4.55. The number of carbonyl (C=O) groups excluding carboxylic acids is 1. The highest BCUT2D eigenvalue weighted by Gasteiger charge is 2.58. The van der Waals surface area contributed by atoms with Crippen molar-refractivity contribution in [2.24, 2.45) is 0 Å². The zero-order chi connectivity index (χ0) is 21.4. The molecule has 0 unspecified atom stereocenters. The second kappa shape index (κ2) is 8.10. The molecule has 0 bridgehead atoms. The molecular formula is C19H24F3NO6. The SMILES string of the molecule is COc1ccc(CCC(NC(C)=O)(C2OC(C)O2)C2OC(C)O2)cc1C(F)(F)F. The summed E-state index contributed by atoms with van der Waals surface area (Å²) in [5.74, 6) is -0.623. The molecule has 1 N–H and O–H groups in total. The molecule has 0 radical (unpaired) electrons. The lowest BCUT2D eigenvalue weighted by atomic mass is 9.87. The van der Waals surface area contributed by atoms with Crippen LogP contribution in [0, 0.1) is 0 Å². The smallest absolute Gasteiger partial charge is 0.419 e. The molecule has 0 aromatic heterocycles. The maximum Gasteiger partial charge on any atom is 0.419 e. The van der Waals surface area contributed by atoms with Crippen LogP contribution in [0.2, 0.25) is 0 Å². The van der Waals surface area contributed by atoms with Crippen LogP contribution in [0.3, 0.4) is 0 Å². The Morgan fingerprint density at radius 1 is 1.10 bits per heavy atom. The molecule has 0 spiro atoms. The highest BCUT2D eigenvalue weighted by molar-refractivity contribution is 5.74. The lowest BCUT2D eigenvalue weighted by Gasteiger charge is -2.54. The van der Waals surface area contributed by atoms with Crippen molar-refractivity contribution in [3.8, 4) is 5.75 Å². The number of methoxy groups -OCH3 is 1. The van der Waals surface area contributed by atoms with E-state index < -0.39 is 42.4 Å². The topological polar surface area (TPSA) is 75.3 Å². The third-order valence-electron chi connectivity index (χ3n) is 4.91. The second-order valence-corrected chi connectivity index (χ2v) is 7.10. The Morgan fingerprint density at radius 2 is 1.66 bits per heavy atom. The quantitative estimate of drug-likeness (QED) is 0.733. The van der Waals surface area contributed by atoms with E-state index in [0.29, 0.717) is 5.56 Å². The minimum Gasteiger partial charge on any atom is -0.496 e. The van der Waals surface area contributed by atoms with E-state index in [9.17, 15) is 18.0 Å². The van der Waals surface area contributed by atoms with Gasteiger partial charge in [-0.2, -0.15) is 13.2 Å². The molecule has 7 nitrogen and oxygen atoms in total. The molecule has 162 valence electrons. The fraction of sp³-hybridized carbons (Fsp3) is 0.632. The average molecular weight is 419 g/mol. The number of aryl methyl sites for hydroxylation is 1. The molecule has 3 rings (SSSR count). The van der Waals surface area contributed by atoms with Crippen LogP contribution in [0.1, 0.15) is 38.3 Å². The second-order valence-electron chi connectivity index (χ2n) is 7.10. The van der Waals surface area contributed by atoms with Gasteiger partial charge in [0, 0.05) is 6.92 Å². The van der Waals surface area contributed by atoms with E-state index in [1.807, 2.05) is 0 Å². The van der Waals surface area contributed by atoms with Gasteiger partial charge in [-0.15, -0.1) is 0 Å². The zero-order valence-corrected chi connectivity index (χ0v) is 16.5. The van der Waals surface area contributed by atoms with Crippen molar-refractivity contribution in [2.45, 2.75) is 70.5 Å². The van der Waals surface area contributed by atoms with Gasteiger partial charge < -0.3 is 29.0 Å². The van der Waals surface area contributed by atoms with Crippen LogP contribution in [0.5, 0.6) is 5.75 Å². The van der Waals surface area contributed by atoms with Crippen LogP contribution in [0.4, 0.5) is 13.2 Å². The summed E-state index contributed by atoms with van der Waals surface area (Å²) in [4.78, 5) is 11.9. The molecule has 10 heteroatoms. The number of hydrogen-bond donors (Lipinski definition) is 1. The molecule has 29 heavy (non-hydrogen) atoms. The van der Waals surface area contributed by atoms with Crippen LogP contribution >= 0.6 is 0 Å². The molecule has 0 atom stereocenters. The molecule has 1 aromatic carbocycles. The molecule has 2 heterocycles. The molecule has 0 aliphatic carbocycles. The number of alkyl halides is 3. The van der Waals surface area contributed by atoms with E-state index in [1.54, 1.807) is 19.9 Å². The number of amides is 1. The first-order chi connectivity index (χ1) is 13.5. The number of rotatable bonds is 7. The Balaban J connectivity index is 1.85. The van der Waals surface area contributed by atoms with Gasteiger partial charge in [-0.3, -0.25) is 4.79 Å². The maximum atomic E-state index is 13.3. The maximum absolute atomic E-state index is 13.3. The summed E-state index contributed by atoms with van der Waals surface area (Å²) in [7, 11) is 1.19. The monoisotopic (exact) mass is 419 g/mol.